The van der Waals surface area contributed by atoms with Crippen LogP contribution in [-0.4, -0.2) is 53.4 Å². The zero-order chi connectivity index (χ0) is 32.2. The highest BCUT2D eigenvalue weighted by Crippen LogP contribution is 2.46. The molecule has 46 heavy (non-hydrogen) atoms. The Morgan fingerprint density at radius 3 is 2.67 bits per heavy atom. The minimum atomic E-state index is -1.06. The summed E-state index contributed by atoms with van der Waals surface area (Å²) >= 11 is 8.89. The molecular weight excluding hydrogens is 650 g/mol. The van der Waals surface area contributed by atoms with Crippen LogP contribution in [0.5, 0.6) is 23.0 Å². The largest absolute Gasteiger partial charge is 0.507 e. The number of hydrogen-bond acceptors (Lipinski definition) is 11. The van der Waals surface area contributed by atoms with E-state index >= 15 is 0 Å². The van der Waals surface area contributed by atoms with Gasteiger partial charge in [-0.3, -0.25) is 14.5 Å². The van der Waals surface area contributed by atoms with Crippen molar-refractivity contribution >= 4 is 57.3 Å². The van der Waals surface area contributed by atoms with Crippen LogP contribution in [0.2, 0.25) is 5.02 Å². The van der Waals surface area contributed by atoms with Crippen LogP contribution in [0, 0.1) is 0 Å². The lowest BCUT2D eigenvalue weighted by atomic mass is 9.95. The number of aliphatic hydroxyl groups excluding tert-OH is 1. The zero-order valence-electron chi connectivity index (χ0n) is 24.6. The molecule has 13 heteroatoms. The summed E-state index contributed by atoms with van der Waals surface area (Å²) < 4.78 is 23.5. The number of halogens is 1. The van der Waals surface area contributed by atoms with Gasteiger partial charge in [0.05, 0.1) is 18.2 Å². The van der Waals surface area contributed by atoms with Crippen molar-refractivity contribution in [3.8, 4) is 23.0 Å². The quantitative estimate of drug-likeness (QED) is 0.0451. The van der Waals surface area contributed by atoms with Crippen molar-refractivity contribution in [2.45, 2.75) is 23.1 Å². The number of nitrogens with zero attached hydrogens (tertiary/aromatic N) is 3. The second-order valence-electron chi connectivity index (χ2n) is 10.00. The summed E-state index contributed by atoms with van der Waals surface area (Å²) in [6.07, 6.45) is 1.61. The topological polar surface area (TPSA) is 120 Å². The molecule has 1 saturated heterocycles. The van der Waals surface area contributed by atoms with E-state index in [-0.39, 0.29) is 28.6 Å². The van der Waals surface area contributed by atoms with Crippen molar-refractivity contribution in [3.63, 3.8) is 0 Å². The number of carbonyl (C=O) groups is 2. The van der Waals surface area contributed by atoms with Crippen molar-refractivity contribution < 1.29 is 33.6 Å². The molecule has 1 fully saturated rings. The normalized spacial score (nSPS) is 16.8. The number of anilines is 1. The number of amides is 1. The number of Topliss-reactive ketones (excluding diaryl/α,β-unsaturated/α-hetero) is 1. The van der Waals surface area contributed by atoms with Crippen LogP contribution in [0.4, 0.5) is 5.13 Å². The highest BCUT2D eigenvalue weighted by atomic mass is 35.5. The van der Waals surface area contributed by atoms with Crippen LogP contribution >= 0.6 is 34.7 Å². The molecule has 0 saturated carbocycles. The van der Waals surface area contributed by atoms with Gasteiger partial charge in [-0.1, -0.05) is 71.6 Å². The molecule has 0 radical (unpaired) electrons. The Morgan fingerprint density at radius 2 is 1.89 bits per heavy atom. The highest BCUT2D eigenvalue weighted by molar-refractivity contribution is 8.00. The first-order valence-corrected chi connectivity index (χ1v) is 16.5. The fourth-order valence-corrected chi connectivity index (χ4v) is 7.19. The molecule has 1 atom stereocenters. The summed E-state index contributed by atoms with van der Waals surface area (Å²) in [4.78, 5) is 28.8. The predicted octanol–water partition coefficient (Wildman–Crippen LogP) is 6.84. The average Bonchev–Trinajstić information content (AvgIpc) is 3.64. The molecule has 0 unspecified atom stereocenters. The number of aliphatic hydroxyl groups is 1. The molecule has 3 aromatic carbocycles. The van der Waals surface area contributed by atoms with Crippen molar-refractivity contribution in [2.75, 3.05) is 31.3 Å². The van der Waals surface area contributed by atoms with Crippen molar-refractivity contribution in [3.05, 3.63) is 101 Å². The second kappa shape index (κ2) is 13.9. The molecule has 0 bridgehead atoms. The van der Waals surface area contributed by atoms with Gasteiger partial charge in [0, 0.05) is 16.3 Å². The summed E-state index contributed by atoms with van der Waals surface area (Å²) in [5.74, 6) is 0.245. The number of carbonyl (C=O) groups excluding carboxylic acids is 2. The van der Waals surface area contributed by atoms with E-state index in [4.69, 9.17) is 30.5 Å². The van der Waals surface area contributed by atoms with Gasteiger partial charge >= 0.3 is 5.91 Å². The molecule has 4 aromatic rings. The predicted molar refractivity (Wildman–Crippen MR) is 176 cm³/mol. The third kappa shape index (κ3) is 6.28. The van der Waals surface area contributed by atoms with Crippen LogP contribution < -0.4 is 23.8 Å². The van der Waals surface area contributed by atoms with Crippen LogP contribution in [0.3, 0.4) is 0 Å². The number of ether oxygens (including phenoxy) is 4. The molecule has 1 amide bonds. The first kappa shape index (κ1) is 31.5. The molecule has 0 spiro atoms. The Bertz CT molecular complexity index is 1840. The second-order valence-corrected chi connectivity index (χ2v) is 12.6. The maximum Gasteiger partial charge on any atom is 0.301 e. The molecule has 2 aliphatic heterocycles. The maximum absolute atomic E-state index is 13.8. The van der Waals surface area contributed by atoms with Crippen LogP contribution in [0.15, 0.2) is 83.2 Å². The van der Waals surface area contributed by atoms with E-state index in [1.165, 1.54) is 16.7 Å². The Balaban J connectivity index is 1.43. The minimum Gasteiger partial charge on any atom is -0.507 e. The van der Waals surface area contributed by atoms with Gasteiger partial charge in [-0.15, -0.1) is 10.2 Å². The van der Waals surface area contributed by atoms with Gasteiger partial charge < -0.3 is 24.1 Å². The van der Waals surface area contributed by atoms with E-state index in [0.717, 1.165) is 16.9 Å². The molecule has 1 N–H and O–H groups in total. The summed E-state index contributed by atoms with van der Waals surface area (Å²) in [7, 11) is 0. The zero-order valence-corrected chi connectivity index (χ0v) is 27.0. The molecule has 6 rings (SSSR count). The fourth-order valence-electron chi connectivity index (χ4n) is 5.04. The summed E-state index contributed by atoms with van der Waals surface area (Å²) in [5.41, 5.74) is 1.59. The molecule has 2 aliphatic rings. The number of fused-ring (bicyclic) bond motifs is 1. The monoisotopic (exact) mass is 677 g/mol. The molecule has 1 aromatic heterocycles. The Kier molecular flexibility index (Phi) is 9.48. The summed E-state index contributed by atoms with van der Waals surface area (Å²) in [6, 6.07) is 16.4. The standard InChI is InChI=1S/C33H28ClN3O7S2/c1-3-13-42-23-11-9-19(16-25(23)41-4-2)28-27(29(38)20-10-12-24-26(17-20)44-15-14-43-24)30(39)31(40)37(28)32-35-36-33(46-32)45-18-21-7-5-6-8-22(21)34/h3,5-12,16-17,28,38H,1,4,13-15,18H2,2H3/b29-27+/t28-/m1/s1. The number of thioether (sulfide) groups is 1. The van der Waals surface area contributed by atoms with Gasteiger partial charge in [-0.25, -0.2) is 0 Å². The van der Waals surface area contributed by atoms with Crippen LogP contribution in [0.1, 0.15) is 29.7 Å². The van der Waals surface area contributed by atoms with Gasteiger partial charge in [0.2, 0.25) is 5.13 Å². The molecule has 0 aliphatic carbocycles. The lowest BCUT2D eigenvalue weighted by Gasteiger charge is -2.24. The summed E-state index contributed by atoms with van der Waals surface area (Å²) in [5, 5.41) is 21.1. The average molecular weight is 678 g/mol. The third-order valence-electron chi connectivity index (χ3n) is 7.11. The number of rotatable bonds is 11. The smallest absolute Gasteiger partial charge is 0.301 e. The van der Waals surface area contributed by atoms with Crippen molar-refractivity contribution in [1.82, 2.24) is 10.2 Å². The Hall–Kier alpha value is -4.52. The summed E-state index contributed by atoms with van der Waals surface area (Å²) in [6.45, 7) is 6.87. The molecule has 10 nitrogen and oxygen atoms in total. The molecular formula is C33H28ClN3O7S2. The number of benzene rings is 3. The third-order valence-corrected chi connectivity index (χ3v) is 9.58. The molecule has 3 heterocycles. The minimum absolute atomic E-state index is 0.121. The Morgan fingerprint density at radius 1 is 1.09 bits per heavy atom. The Labute approximate surface area is 278 Å². The first-order valence-electron chi connectivity index (χ1n) is 14.3. The fraction of sp³-hybridized carbons (Fsp3) is 0.212. The lowest BCUT2D eigenvalue weighted by molar-refractivity contribution is -0.132. The van der Waals surface area contributed by atoms with Gasteiger partial charge in [0.15, 0.2) is 27.3 Å². The highest BCUT2D eigenvalue weighted by Gasteiger charge is 2.48. The SMILES string of the molecule is C=CCOc1ccc([C@@H]2/C(=C(\O)c3ccc4c(c3)OCCO4)C(=O)C(=O)N2c2nnc(SCc3ccccc3Cl)s2)cc1OCC. The van der Waals surface area contributed by atoms with E-state index in [0.29, 0.717) is 63.5 Å². The number of ketones is 1. The number of aromatic nitrogens is 2. The van der Waals surface area contributed by atoms with Gasteiger partial charge in [0.1, 0.15) is 25.6 Å². The van der Waals surface area contributed by atoms with E-state index in [2.05, 4.69) is 16.8 Å². The van der Waals surface area contributed by atoms with E-state index in [9.17, 15) is 14.7 Å². The first-order chi connectivity index (χ1) is 22.4. The van der Waals surface area contributed by atoms with Gasteiger partial charge in [-0.2, -0.15) is 0 Å². The number of hydrogen-bond donors (Lipinski definition) is 1. The van der Waals surface area contributed by atoms with Gasteiger partial charge in [0.25, 0.3) is 5.78 Å². The molecule has 236 valence electrons. The van der Waals surface area contributed by atoms with E-state index in [1.807, 2.05) is 31.2 Å². The van der Waals surface area contributed by atoms with Crippen LogP contribution in [-0.2, 0) is 15.3 Å². The van der Waals surface area contributed by atoms with E-state index in [1.54, 1.807) is 42.5 Å². The van der Waals surface area contributed by atoms with Crippen molar-refractivity contribution in [1.29, 1.82) is 0 Å². The maximum atomic E-state index is 13.8. The van der Waals surface area contributed by atoms with E-state index < -0.39 is 17.7 Å². The van der Waals surface area contributed by atoms with Crippen molar-refractivity contribution in [2.24, 2.45) is 0 Å². The lowest BCUT2D eigenvalue weighted by Crippen LogP contribution is -2.29. The van der Waals surface area contributed by atoms with Crippen LogP contribution in [0.25, 0.3) is 5.76 Å². The van der Waals surface area contributed by atoms with Gasteiger partial charge in [-0.05, 0) is 54.4 Å².